The molecule has 35 heavy (non-hydrogen) atoms. The van der Waals surface area contributed by atoms with Crippen molar-refractivity contribution >= 4 is 15.9 Å². The first-order valence-corrected chi connectivity index (χ1v) is 13.7. The number of carbonyl (C=O) groups is 1. The van der Waals surface area contributed by atoms with E-state index >= 15 is 0 Å². The predicted octanol–water partition coefficient (Wildman–Crippen LogP) is 3.97. The minimum absolute atomic E-state index is 0.0374. The Morgan fingerprint density at radius 2 is 1.63 bits per heavy atom. The molecule has 2 aromatic carbocycles. The van der Waals surface area contributed by atoms with Crippen LogP contribution in [0.15, 0.2) is 59.5 Å². The molecule has 8 heteroatoms. The lowest BCUT2D eigenvalue weighted by Crippen LogP contribution is -2.35. The molecule has 1 aliphatic rings. The van der Waals surface area contributed by atoms with Gasteiger partial charge in [-0.15, -0.1) is 0 Å². The summed E-state index contributed by atoms with van der Waals surface area (Å²) in [6, 6.07) is 17.1. The molecule has 186 valence electrons. The Balaban J connectivity index is 1.29. The van der Waals surface area contributed by atoms with Crippen molar-refractivity contribution in [3.05, 3.63) is 82.7 Å². The molecular formula is C27H34N4O3S. The van der Waals surface area contributed by atoms with E-state index in [-0.39, 0.29) is 5.91 Å². The molecule has 1 amide bonds. The molecule has 1 fully saturated rings. The summed E-state index contributed by atoms with van der Waals surface area (Å²) in [4.78, 5) is 12.8. The molecule has 0 atom stereocenters. The minimum Gasteiger partial charge on any atom is -0.352 e. The van der Waals surface area contributed by atoms with Gasteiger partial charge in [-0.25, -0.2) is 8.42 Å². The third kappa shape index (κ3) is 6.18. The fourth-order valence-corrected chi connectivity index (χ4v) is 6.03. The summed E-state index contributed by atoms with van der Waals surface area (Å²) in [5.41, 5.74) is 5.15. The van der Waals surface area contributed by atoms with E-state index in [1.807, 2.05) is 48.9 Å². The Hall–Kier alpha value is -2.97. The van der Waals surface area contributed by atoms with Crippen LogP contribution in [0.1, 0.15) is 53.8 Å². The molecule has 1 saturated heterocycles. The van der Waals surface area contributed by atoms with E-state index in [2.05, 4.69) is 22.5 Å². The van der Waals surface area contributed by atoms with Gasteiger partial charge >= 0.3 is 0 Å². The number of rotatable bonds is 9. The summed E-state index contributed by atoms with van der Waals surface area (Å²) in [6.45, 7) is 6.32. The normalized spacial score (nSPS) is 14.7. The molecule has 0 unspecified atom stereocenters. The lowest BCUT2D eigenvalue weighted by atomic mass is 10.1. The zero-order valence-corrected chi connectivity index (χ0v) is 21.4. The Kier molecular flexibility index (Phi) is 8.03. The Bertz CT molecular complexity index is 1250. The molecule has 3 aromatic rings. The number of hydrogen-bond donors (Lipinski definition) is 1. The molecule has 1 aromatic heterocycles. The van der Waals surface area contributed by atoms with Crippen LogP contribution in [0.25, 0.3) is 0 Å². The minimum atomic E-state index is -3.43. The summed E-state index contributed by atoms with van der Waals surface area (Å²) in [6.07, 6.45) is 3.82. The second-order valence-corrected chi connectivity index (χ2v) is 11.1. The van der Waals surface area contributed by atoms with Gasteiger partial charge in [0.2, 0.25) is 15.9 Å². The van der Waals surface area contributed by atoms with Crippen molar-refractivity contribution in [1.82, 2.24) is 19.4 Å². The highest BCUT2D eigenvalue weighted by Crippen LogP contribution is 2.21. The standard InChI is InChI=1S/C27H34N4O3S/c1-21-26(22(2)31(29-21)20-24-9-5-3-6-10-24)19-28-27(32)16-13-23-11-14-25(15-12-23)35(33,34)30-17-7-4-8-18-30/h3,5-6,9-12,14-15H,4,7-8,13,16-20H2,1-2H3,(H,28,32). The molecule has 0 spiro atoms. The highest BCUT2D eigenvalue weighted by molar-refractivity contribution is 7.89. The van der Waals surface area contributed by atoms with Gasteiger partial charge in [0.25, 0.3) is 0 Å². The van der Waals surface area contributed by atoms with Crippen LogP contribution in [-0.4, -0.2) is 41.5 Å². The van der Waals surface area contributed by atoms with Gasteiger partial charge in [-0.05, 0) is 56.4 Å². The SMILES string of the molecule is Cc1nn(Cc2ccccc2)c(C)c1CNC(=O)CCc1ccc(S(=O)(=O)N2CCCCC2)cc1. The van der Waals surface area contributed by atoms with E-state index in [1.54, 1.807) is 16.4 Å². The van der Waals surface area contributed by atoms with Crippen molar-refractivity contribution < 1.29 is 13.2 Å². The number of piperidine rings is 1. The van der Waals surface area contributed by atoms with Gasteiger partial charge in [0.15, 0.2) is 0 Å². The van der Waals surface area contributed by atoms with E-state index in [1.165, 1.54) is 5.56 Å². The van der Waals surface area contributed by atoms with Crippen LogP contribution >= 0.6 is 0 Å². The number of hydrogen-bond acceptors (Lipinski definition) is 4. The van der Waals surface area contributed by atoms with Crippen molar-refractivity contribution in [3.8, 4) is 0 Å². The average molecular weight is 495 g/mol. The van der Waals surface area contributed by atoms with Gasteiger partial charge in [0.1, 0.15) is 0 Å². The number of aromatic nitrogens is 2. The molecule has 0 bridgehead atoms. The number of carbonyl (C=O) groups excluding carboxylic acids is 1. The smallest absolute Gasteiger partial charge is 0.243 e. The third-order valence-corrected chi connectivity index (χ3v) is 8.60. The van der Waals surface area contributed by atoms with Crippen molar-refractivity contribution in [3.63, 3.8) is 0 Å². The maximum atomic E-state index is 12.8. The first-order valence-electron chi connectivity index (χ1n) is 12.3. The Morgan fingerprint density at radius 1 is 0.943 bits per heavy atom. The fourth-order valence-electron chi connectivity index (χ4n) is 4.52. The van der Waals surface area contributed by atoms with Crippen LogP contribution in [0.5, 0.6) is 0 Å². The molecule has 4 rings (SSSR count). The lowest BCUT2D eigenvalue weighted by molar-refractivity contribution is -0.121. The van der Waals surface area contributed by atoms with Gasteiger partial charge in [-0.2, -0.15) is 9.40 Å². The number of amides is 1. The zero-order chi connectivity index (χ0) is 24.8. The summed E-state index contributed by atoms with van der Waals surface area (Å²) < 4.78 is 29.1. The highest BCUT2D eigenvalue weighted by Gasteiger charge is 2.25. The van der Waals surface area contributed by atoms with Crippen molar-refractivity contribution in [1.29, 1.82) is 0 Å². The van der Waals surface area contributed by atoms with Crippen LogP contribution in [0.3, 0.4) is 0 Å². The van der Waals surface area contributed by atoms with Gasteiger partial charge < -0.3 is 5.32 Å². The van der Waals surface area contributed by atoms with E-state index in [9.17, 15) is 13.2 Å². The van der Waals surface area contributed by atoms with Gasteiger partial charge in [-0.3, -0.25) is 9.48 Å². The van der Waals surface area contributed by atoms with Crippen LogP contribution in [0, 0.1) is 13.8 Å². The van der Waals surface area contributed by atoms with E-state index < -0.39 is 10.0 Å². The number of aryl methyl sites for hydroxylation is 2. The Labute approximate surface area is 208 Å². The average Bonchev–Trinajstić information content (AvgIpc) is 3.14. The maximum absolute atomic E-state index is 12.8. The van der Waals surface area contributed by atoms with Crippen molar-refractivity contribution in [2.75, 3.05) is 13.1 Å². The molecule has 0 radical (unpaired) electrons. The first kappa shape index (κ1) is 25.1. The summed E-state index contributed by atoms with van der Waals surface area (Å²) in [7, 11) is -3.43. The summed E-state index contributed by atoms with van der Waals surface area (Å²) in [5, 5.41) is 7.66. The third-order valence-electron chi connectivity index (χ3n) is 6.69. The van der Waals surface area contributed by atoms with Crippen LogP contribution in [0.2, 0.25) is 0 Å². The largest absolute Gasteiger partial charge is 0.352 e. The number of sulfonamides is 1. The molecule has 7 nitrogen and oxygen atoms in total. The molecule has 0 aliphatic carbocycles. The quantitative estimate of drug-likeness (QED) is 0.488. The fraction of sp³-hybridized carbons (Fsp3) is 0.407. The molecule has 1 N–H and O–H groups in total. The van der Waals surface area contributed by atoms with Crippen LogP contribution in [-0.2, 0) is 34.3 Å². The van der Waals surface area contributed by atoms with Crippen LogP contribution in [0.4, 0.5) is 0 Å². The highest BCUT2D eigenvalue weighted by atomic mass is 32.2. The van der Waals surface area contributed by atoms with E-state index in [0.29, 0.717) is 43.9 Å². The zero-order valence-electron chi connectivity index (χ0n) is 20.5. The number of benzene rings is 2. The van der Waals surface area contributed by atoms with Crippen LogP contribution < -0.4 is 5.32 Å². The van der Waals surface area contributed by atoms with Crippen molar-refractivity contribution in [2.45, 2.75) is 63.9 Å². The van der Waals surface area contributed by atoms with Gasteiger partial charge in [0, 0.05) is 37.3 Å². The molecule has 2 heterocycles. The molecule has 0 saturated carbocycles. The van der Waals surface area contributed by atoms with E-state index in [4.69, 9.17) is 0 Å². The topological polar surface area (TPSA) is 84.3 Å². The number of nitrogens with one attached hydrogen (secondary N) is 1. The maximum Gasteiger partial charge on any atom is 0.243 e. The summed E-state index contributed by atoms with van der Waals surface area (Å²) >= 11 is 0. The number of nitrogens with zero attached hydrogens (tertiary/aromatic N) is 3. The first-order chi connectivity index (χ1) is 16.8. The van der Waals surface area contributed by atoms with E-state index in [0.717, 1.165) is 41.8 Å². The molecular weight excluding hydrogens is 460 g/mol. The Morgan fingerprint density at radius 3 is 2.31 bits per heavy atom. The van der Waals surface area contributed by atoms with Gasteiger partial charge in [-0.1, -0.05) is 48.9 Å². The second-order valence-electron chi connectivity index (χ2n) is 9.18. The second kappa shape index (κ2) is 11.2. The van der Waals surface area contributed by atoms with Gasteiger partial charge in [0.05, 0.1) is 17.1 Å². The lowest BCUT2D eigenvalue weighted by Gasteiger charge is -2.25. The monoisotopic (exact) mass is 494 g/mol. The molecule has 1 aliphatic heterocycles. The van der Waals surface area contributed by atoms with Crippen molar-refractivity contribution in [2.24, 2.45) is 0 Å². The summed E-state index contributed by atoms with van der Waals surface area (Å²) in [5.74, 6) is -0.0374. The predicted molar refractivity (Wildman–Crippen MR) is 136 cm³/mol.